The number of carbonyl (C=O) groups excluding carboxylic acids is 2. The Bertz CT molecular complexity index is 462. The first kappa shape index (κ1) is 33.0. The Morgan fingerprint density at radius 3 is 0.897 bits per heavy atom. The monoisotopic (exact) mass is 602 g/mol. The molecule has 0 aliphatic rings. The molecule has 0 heterocycles. The normalized spacial score (nSPS) is 12.6. The maximum atomic E-state index is 11.0. The molecule has 0 aliphatic heterocycles. The summed E-state index contributed by atoms with van der Waals surface area (Å²) >= 11 is 0. The molecule has 29 heavy (non-hydrogen) atoms. The van der Waals surface area contributed by atoms with Crippen LogP contribution in [0.2, 0.25) is 0 Å². The van der Waals surface area contributed by atoms with Gasteiger partial charge in [-0.05, 0) is 73.3 Å². The van der Waals surface area contributed by atoms with Crippen LogP contribution in [0.4, 0.5) is 0 Å². The van der Waals surface area contributed by atoms with Gasteiger partial charge in [0.05, 0.1) is 11.9 Å². The predicted octanol–water partition coefficient (Wildman–Crippen LogP) is 4.20. The van der Waals surface area contributed by atoms with Crippen molar-refractivity contribution in [3.8, 4) is 0 Å². The molecule has 0 atom stereocenters. The minimum absolute atomic E-state index is 0. The van der Waals surface area contributed by atoms with Crippen LogP contribution in [-0.4, -0.2) is 39.2 Å². The van der Waals surface area contributed by atoms with Gasteiger partial charge in [-0.1, -0.05) is 67.5 Å². The van der Waals surface area contributed by atoms with Crippen LogP contribution in [0.25, 0.3) is 0 Å². The summed E-state index contributed by atoms with van der Waals surface area (Å²) in [5, 5.41) is 22.1. The van der Waals surface area contributed by atoms with Crippen LogP contribution in [-0.2, 0) is 9.59 Å². The van der Waals surface area contributed by atoms with Crippen molar-refractivity contribution in [1.29, 1.82) is 0 Å². The second-order valence-corrected chi connectivity index (χ2v) is 7.31. The van der Waals surface area contributed by atoms with E-state index in [1.807, 2.05) is 55.4 Å². The van der Waals surface area contributed by atoms with Gasteiger partial charge in [-0.2, -0.15) is 0 Å². The number of hydrogen-bond acceptors (Lipinski definition) is 4. The molecular formula is C24H42O4Pb. The molecule has 0 rings (SSSR count). The molecule has 0 N–H and O–H groups in total. The molecule has 0 bridgehead atoms. The molecule has 2 radical (unpaired) electrons. The van der Waals surface area contributed by atoms with Crippen LogP contribution in [0, 0.1) is 10.8 Å². The first-order valence-electron chi connectivity index (χ1n) is 11.0. The SMILES string of the molecule is CCC=C(C(=O)[O-])C(CC)(CC)CC.CCC=C(C(=O)[O-])C(CC)(CC)CC.[Pb+2]. The average Bonchev–Trinajstić information content (AvgIpc) is 2.70. The Morgan fingerprint density at radius 2 is 0.793 bits per heavy atom. The van der Waals surface area contributed by atoms with E-state index in [-0.39, 0.29) is 38.1 Å². The number of carboxylic acids is 2. The number of carboxylic acid groups (broad SMARTS) is 2. The van der Waals surface area contributed by atoms with Gasteiger partial charge in [0.25, 0.3) is 0 Å². The third-order valence-corrected chi connectivity index (χ3v) is 6.46. The molecule has 0 saturated carbocycles. The third-order valence-electron chi connectivity index (χ3n) is 6.46. The summed E-state index contributed by atoms with van der Waals surface area (Å²) in [5.74, 6) is -2.00. The van der Waals surface area contributed by atoms with E-state index in [1.165, 1.54) is 0 Å². The van der Waals surface area contributed by atoms with Crippen molar-refractivity contribution in [2.75, 3.05) is 0 Å². The van der Waals surface area contributed by atoms with Crippen LogP contribution in [0.15, 0.2) is 23.3 Å². The summed E-state index contributed by atoms with van der Waals surface area (Å²) in [6.45, 7) is 16.2. The summed E-state index contributed by atoms with van der Waals surface area (Å²) in [7, 11) is 0. The summed E-state index contributed by atoms with van der Waals surface area (Å²) in [6.07, 6.45) is 10.3. The van der Waals surface area contributed by atoms with Crippen LogP contribution in [0.5, 0.6) is 0 Å². The van der Waals surface area contributed by atoms with Gasteiger partial charge in [-0.25, -0.2) is 0 Å². The van der Waals surface area contributed by atoms with E-state index in [2.05, 4.69) is 0 Å². The first-order chi connectivity index (χ1) is 13.1. The summed E-state index contributed by atoms with van der Waals surface area (Å²) in [6, 6.07) is 0. The molecule has 0 aromatic rings. The molecule has 0 amide bonds. The van der Waals surface area contributed by atoms with Crippen LogP contribution >= 0.6 is 0 Å². The summed E-state index contributed by atoms with van der Waals surface area (Å²) < 4.78 is 0. The van der Waals surface area contributed by atoms with Crippen molar-refractivity contribution in [3.05, 3.63) is 23.3 Å². The zero-order valence-corrected chi connectivity index (χ0v) is 23.8. The molecule has 0 fully saturated rings. The van der Waals surface area contributed by atoms with E-state index in [0.717, 1.165) is 51.4 Å². The largest absolute Gasteiger partial charge is 2.00 e. The van der Waals surface area contributed by atoms with Gasteiger partial charge in [0.2, 0.25) is 0 Å². The number of allylic oxidation sites excluding steroid dienone is 2. The van der Waals surface area contributed by atoms with Crippen molar-refractivity contribution in [2.24, 2.45) is 10.8 Å². The standard InChI is InChI=1S/2C12H22O2.Pb/c2*1-5-9-10(11(13)14)12(6-2,7-3)8-4;/h2*9H,5-8H2,1-4H3,(H,13,14);/q;;+2/p-2. The number of hydrogen-bond donors (Lipinski definition) is 0. The van der Waals surface area contributed by atoms with Gasteiger partial charge < -0.3 is 19.8 Å². The van der Waals surface area contributed by atoms with E-state index in [9.17, 15) is 19.8 Å². The van der Waals surface area contributed by atoms with E-state index in [4.69, 9.17) is 0 Å². The Kier molecular flexibility index (Phi) is 19.4. The summed E-state index contributed by atoms with van der Waals surface area (Å²) in [5.41, 5.74) is 0.615. The van der Waals surface area contributed by atoms with E-state index < -0.39 is 11.9 Å². The minimum atomic E-state index is -1.00. The molecule has 166 valence electrons. The van der Waals surface area contributed by atoms with Crippen molar-refractivity contribution >= 4 is 39.2 Å². The van der Waals surface area contributed by atoms with E-state index in [1.54, 1.807) is 12.2 Å². The molecular weight excluding hydrogens is 559 g/mol. The van der Waals surface area contributed by atoms with Gasteiger partial charge in [-0.3, -0.25) is 0 Å². The zero-order valence-electron chi connectivity index (χ0n) is 19.9. The second-order valence-electron chi connectivity index (χ2n) is 7.31. The quantitative estimate of drug-likeness (QED) is 0.248. The molecule has 0 spiro atoms. The van der Waals surface area contributed by atoms with Crippen molar-refractivity contribution in [1.82, 2.24) is 0 Å². The Labute approximate surface area is 199 Å². The molecule has 0 aliphatic carbocycles. The molecule has 0 unspecified atom stereocenters. The number of carbonyl (C=O) groups is 2. The topological polar surface area (TPSA) is 80.3 Å². The van der Waals surface area contributed by atoms with Crippen molar-refractivity contribution < 1.29 is 19.8 Å². The molecule has 4 nitrogen and oxygen atoms in total. The van der Waals surface area contributed by atoms with Gasteiger partial charge in [0, 0.05) is 0 Å². The van der Waals surface area contributed by atoms with E-state index >= 15 is 0 Å². The van der Waals surface area contributed by atoms with E-state index in [0.29, 0.717) is 11.1 Å². The van der Waals surface area contributed by atoms with Gasteiger partial charge in [0.15, 0.2) is 0 Å². The minimum Gasteiger partial charge on any atom is -0.545 e. The summed E-state index contributed by atoms with van der Waals surface area (Å²) in [4.78, 5) is 22.1. The van der Waals surface area contributed by atoms with Gasteiger partial charge >= 0.3 is 27.3 Å². The molecule has 0 aromatic carbocycles. The smallest absolute Gasteiger partial charge is 0.545 e. The Balaban J connectivity index is -0.000000451. The fourth-order valence-corrected chi connectivity index (χ4v) is 4.08. The van der Waals surface area contributed by atoms with Crippen LogP contribution in [0.3, 0.4) is 0 Å². The number of aliphatic carboxylic acids is 2. The molecule has 0 saturated heterocycles. The molecule has 0 aromatic heterocycles. The maximum Gasteiger partial charge on any atom is 2.00 e. The zero-order chi connectivity index (χ0) is 22.4. The average molecular weight is 602 g/mol. The van der Waals surface area contributed by atoms with Crippen LogP contribution in [0.1, 0.15) is 107 Å². The Morgan fingerprint density at radius 1 is 0.586 bits per heavy atom. The maximum absolute atomic E-state index is 11.0. The van der Waals surface area contributed by atoms with Crippen molar-refractivity contribution in [3.63, 3.8) is 0 Å². The predicted molar refractivity (Wildman–Crippen MR) is 119 cm³/mol. The van der Waals surface area contributed by atoms with Gasteiger partial charge in [0.1, 0.15) is 0 Å². The molecule has 5 heteroatoms. The second kappa shape index (κ2) is 17.1. The fraction of sp³-hybridized carbons (Fsp3) is 0.750. The number of rotatable bonds is 12. The van der Waals surface area contributed by atoms with Gasteiger partial charge in [-0.15, -0.1) is 0 Å². The van der Waals surface area contributed by atoms with Crippen LogP contribution < -0.4 is 10.2 Å². The third kappa shape index (κ3) is 9.35. The van der Waals surface area contributed by atoms with Crippen molar-refractivity contribution in [2.45, 2.75) is 107 Å². The Hall–Kier alpha value is -0.658. The fourth-order valence-electron chi connectivity index (χ4n) is 4.08. The first-order valence-corrected chi connectivity index (χ1v) is 11.0.